The fourth-order valence-electron chi connectivity index (χ4n) is 1.28. The molecular weight excluding hydrogens is 176 g/mol. The maximum absolute atomic E-state index is 4.33. The first-order valence-corrected chi connectivity index (χ1v) is 4.95. The summed E-state index contributed by atoms with van der Waals surface area (Å²) < 4.78 is 1.77. The van der Waals surface area contributed by atoms with Gasteiger partial charge in [0.15, 0.2) is 5.65 Å². The van der Waals surface area contributed by atoms with Crippen molar-refractivity contribution < 1.29 is 0 Å². The van der Waals surface area contributed by atoms with Crippen molar-refractivity contribution in [2.45, 2.75) is 19.8 Å². The van der Waals surface area contributed by atoms with Crippen LogP contribution in [0.5, 0.6) is 0 Å². The van der Waals surface area contributed by atoms with Gasteiger partial charge in [0, 0.05) is 12.7 Å². The van der Waals surface area contributed by atoms with Crippen LogP contribution >= 0.6 is 0 Å². The van der Waals surface area contributed by atoms with E-state index in [9.17, 15) is 0 Å². The summed E-state index contributed by atoms with van der Waals surface area (Å²) in [6.45, 7) is 3.10. The summed E-state index contributed by atoms with van der Waals surface area (Å²) in [6.07, 6.45) is 4.23. The van der Waals surface area contributed by atoms with Crippen LogP contribution in [-0.2, 0) is 0 Å². The van der Waals surface area contributed by atoms with Crippen molar-refractivity contribution in [2.75, 3.05) is 11.9 Å². The lowest BCUT2D eigenvalue weighted by molar-refractivity contribution is 0.824. The van der Waals surface area contributed by atoms with E-state index in [0.29, 0.717) is 5.95 Å². The highest BCUT2D eigenvalue weighted by Gasteiger charge is 1.99. The van der Waals surface area contributed by atoms with Crippen LogP contribution in [0.25, 0.3) is 5.65 Å². The van der Waals surface area contributed by atoms with Crippen molar-refractivity contribution >= 4 is 11.6 Å². The van der Waals surface area contributed by atoms with Gasteiger partial charge in [-0.15, -0.1) is 5.10 Å². The Morgan fingerprint density at radius 3 is 3.14 bits per heavy atom. The van der Waals surface area contributed by atoms with Crippen molar-refractivity contribution in [3.8, 4) is 0 Å². The SMILES string of the molecule is CCCCNc1nc2ccccn2n1. The first-order chi connectivity index (χ1) is 6.90. The minimum atomic E-state index is 0.713. The van der Waals surface area contributed by atoms with E-state index in [1.807, 2.05) is 24.4 Å². The molecule has 0 saturated heterocycles. The molecule has 0 saturated carbocycles. The molecule has 2 aromatic heterocycles. The van der Waals surface area contributed by atoms with E-state index in [2.05, 4.69) is 22.3 Å². The monoisotopic (exact) mass is 190 g/mol. The zero-order chi connectivity index (χ0) is 9.80. The number of hydrogen-bond donors (Lipinski definition) is 1. The summed E-state index contributed by atoms with van der Waals surface area (Å²) >= 11 is 0. The third-order valence-electron chi connectivity index (χ3n) is 2.05. The maximum atomic E-state index is 4.33. The average molecular weight is 190 g/mol. The smallest absolute Gasteiger partial charge is 0.243 e. The van der Waals surface area contributed by atoms with Gasteiger partial charge in [-0.1, -0.05) is 19.4 Å². The fraction of sp³-hybridized carbons (Fsp3) is 0.400. The third kappa shape index (κ3) is 1.84. The Kier molecular flexibility index (Phi) is 2.62. The molecule has 0 bridgehead atoms. The molecule has 2 aromatic rings. The lowest BCUT2D eigenvalue weighted by Gasteiger charge is -1.97. The second kappa shape index (κ2) is 4.09. The van der Waals surface area contributed by atoms with Gasteiger partial charge in [-0.25, -0.2) is 4.52 Å². The number of nitrogens with one attached hydrogen (secondary N) is 1. The lowest BCUT2D eigenvalue weighted by Crippen LogP contribution is -2.02. The number of unbranched alkanes of at least 4 members (excludes halogenated alkanes) is 1. The summed E-state index contributed by atoms with van der Waals surface area (Å²) in [4.78, 5) is 4.33. The molecule has 2 heterocycles. The first-order valence-electron chi connectivity index (χ1n) is 4.95. The van der Waals surface area contributed by atoms with Gasteiger partial charge < -0.3 is 5.32 Å². The van der Waals surface area contributed by atoms with E-state index in [1.165, 1.54) is 6.42 Å². The number of pyridine rings is 1. The van der Waals surface area contributed by atoms with Gasteiger partial charge in [-0.05, 0) is 18.6 Å². The van der Waals surface area contributed by atoms with Crippen LogP contribution in [0.1, 0.15) is 19.8 Å². The number of fused-ring (bicyclic) bond motifs is 1. The summed E-state index contributed by atoms with van der Waals surface area (Å²) in [5, 5.41) is 7.47. The summed E-state index contributed by atoms with van der Waals surface area (Å²) in [7, 11) is 0. The van der Waals surface area contributed by atoms with E-state index in [0.717, 1.165) is 18.6 Å². The second-order valence-corrected chi connectivity index (χ2v) is 3.22. The summed E-state index contributed by atoms with van der Waals surface area (Å²) in [5.74, 6) is 0.713. The third-order valence-corrected chi connectivity index (χ3v) is 2.05. The Bertz CT molecular complexity index is 374. The van der Waals surface area contributed by atoms with Gasteiger partial charge in [0.05, 0.1) is 0 Å². The Balaban J connectivity index is 2.11. The highest BCUT2D eigenvalue weighted by atomic mass is 15.3. The number of hydrogen-bond acceptors (Lipinski definition) is 3. The number of aromatic nitrogens is 3. The molecule has 0 aliphatic carbocycles. The molecular formula is C10H14N4. The van der Waals surface area contributed by atoms with Crippen molar-refractivity contribution in [3.05, 3.63) is 24.4 Å². The molecule has 0 radical (unpaired) electrons. The molecule has 0 unspecified atom stereocenters. The van der Waals surface area contributed by atoms with Gasteiger partial charge in [-0.2, -0.15) is 4.98 Å². The predicted octanol–water partition coefficient (Wildman–Crippen LogP) is 1.94. The normalized spacial score (nSPS) is 10.6. The standard InChI is InChI=1S/C10H14N4/c1-2-3-7-11-10-12-9-6-4-5-8-14(9)13-10/h4-6,8H,2-3,7H2,1H3,(H,11,13). The van der Waals surface area contributed by atoms with Gasteiger partial charge in [-0.3, -0.25) is 0 Å². The molecule has 14 heavy (non-hydrogen) atoms. The number of rotatable bonds is 4. The van der Waals surface area contributed by atoms with Crippen molar-refractivity contribution in [2.24, 2.45) is 0 Å². The molecule has 1 N–H and O–H groups in total. The van der Waals surface area contributed by atoms with E-state index < -0.39 is 0 Å². The molecule has 0 spiro atoms. The second-order valence-electron chi connectivity index (χ2n) is 3.22. The summed E-state index contributed by atoms with van der Waals surface area (Å²) in [5.41, 5.74) is 0.881. The topological polar surface area (TPSA) is 42.2 Å². The van der Waals surface area contributed by atoms with E-state index >= 15 is 0 Å². The number of nitrogens with zero attached hydrogens (tertiary/aromatic N) is 3. The average Bonchev–Trinajstić information content (AvgIpc) is 2.60. The molecule has 0 aliphatic rings. The summed E-state index contributed by atoms with van der Waals surface area (Å²) in [6, 6.07) is 5.84. The van der Waals surface area contributed by atoms with Crippen LogP contribution in [0.15, 0.2) is 24.4 Å². The van der Waals surface area contributed by atoms with Gasteiger partial charge >= 0.3 is 0 Å². The molecule has 74 valence electrons. The quantitative estimate of drug-likeness (QED) is 0.749. The van der Waals surface area contributed by atoms with Crippen LogP contribution in [0.3, 0.4) is 0 Å². The van der Waals surface area contributed by atoms with E-state index in [4.69, 9.17) is 0 Å². The van der Waals surface area contributed by atoms with Crippen LogP contribution in [-0.4, -0.2) is 21.1 Å². The largest absolute Gasteiger partial charge is 0.353 e. The highest BCUT2D eigenvalue weighted by Crippen LogP contribution is 2.04. The molecule has 0 fully saturated rings. The maximum Gasteiger partial charge on any atom is 0.243 e. The molecule has 4 nitrogen and oxygen atoms in total. The minimum Gasteiger partial charge on any atom is -0.353 e. The molecule has 0 amide bonds. The molecule has 4 heteroatoms. The van der Waals surface area contributed by atoms with Crippen molar-refractivity contribution in [1.29, 1.82) is 0 Å². The Morgan fingerprint density at radius 1 is 1.43 bits per heavy atom. The van der Waals surface area contributed by atoms with Gasteiger partial charge in [0.1, 0.15) is 0 Å². The van der Waals surface area contributed by atoms with Crippen LogP contribution in [0.4, 0.5) is 5.95 Å². The van der Waals surface area contributed by atoms with Crippen molar-refractivity contribution in [1.82, 2.24) is 14.6 Å². The lowest BCUT2D eigenvalue weighted by atomic mass is 10.3. The van der Waals surface area contributed by atoms with E-state index in [-0.39, 0.29) is 0 Å². The zero-order valence-corrected chi connectivity index (χ0v) is 8.27. The van der Waals surface area contributed by atoms with E-state index in [1.54, 1.807) is 4.52 Å². The zero-order valence-electron chi connectivity index (χ0n) is 8.27. The van der Waals surface area contributed by atoms with Gasteiger partial charge in [0.25, 0.3) is 0 Å². The molecule has 0 atom stereocenters. The predicted molar refractivity (Wildman–Crippen MR) is 56.4 cm³/mol. The minimum absolute atomic E-state index is 0.713. The molecule has 0 aromatic carbocycles. The number of anilines is 1. The molecule has 0 aliphatic heterocycles. The fourth-order valence-corrected chi connectivity index (χ4v) is 1.28. The Labute approximate surface area is 83.0 Å². The molecule has 2 rings (SSSR count). The van der Waals surface area contributed by atoms with Crippen LogP contribution in [0, 0.1) is 0 Å². The first kappa shape index (κ1) is 8.99. The van der Waals surface area contributed by atoms with Crippen molar-refractivity contribution in [3.63, 3.8) is 0 Å². The Morgan fingerprint density at radius 2 is 2.36 bits per heavy atom. The van der Waals surface area contributed by atoms with Gasteiger partial charge in [0.2, 0.25) is 5.95 Å². The Hall–Kier alpha value is -1.58. The van der Waals surface area contributed by atoms with Crippen LogP contribution in [0.2, 0.25) is 0 Å². The van der Waals surface area contributed by atoms with Crippen LogP contribution < -0.4 is 5.32 Å². The highest BCUT2D eigenvalue weighted by molar-refractivity contribution is 5.42.